The fraction of sp³-hybridized carbons (Fsp3) is 0.467. The van der Waals surface area contributed by atoms with Crippen LogP contribution in [-0.4, -0.2) is 28.5 Å². The summed E-state index contributed by atoms with van der Waals surface area (Å²) in [6.07, 6.45) is 0.787. The maximum absolute atomic E-state index is 11.1. The number of fused-ring (bicyclic) bond motifs is 1. The first-order valence-electron chi connectivity index (χ1n) is 6.97. The average Bonchev–Trinajstić information content (AvgIpc) is 2.73. The first-order valence-corrected chi connectivity index (χ1v) is 6.97. The molecule has 1 aromatic carbocycles. The quantitative estimate of drug-likeness (QED) is 0.868. The molecule has 2 aromatic rings. The summed E-state index contributed by atoms with van der Waals surface area (Å²) in [7, 11) is 0. The molecule has 5 nitrogen and oxygen atoms in total. The Bertz CT molecular complexity index is 616. The minimum absolute atomic E-state index is 0.0387. The molecule has 0 atom stereocenters. The van der Waals surface area contributed by atoms with Crippen molar-refractivity contribution in [2.75, 3.05) is 13.1 Å². The number of nitrogens with zero attached hydrogens (tertiary/aromatic N) is 2. The molecule has 0 saturated carbocycles. The Hall–Kier alpha value is -1.88. The van der Waals surface area contributed by atoms with E-state index < -0.39 is 0 Å². The standard InChI is InChI=1S/C15H22N4O/c1-10(2)19-11(3)18-13-8-12(4-5-14(13)19)6-7-17-15(20)9-16/h4-5,8,10H,6-7,9,16H2,1-3H3,(H,17,20). The van der Waals surface area contributed by atoms with Crippen LogP contribution in [0, 0.1) is 6.92 Å². The smallest absolute Gasteiger partial charge is 0.233 e. The van der Waals surface area contributed by atoms with Crippen molar-refractivity contribution in [3.05, 3.63) is 29.6 Å². The second-order valence-electron chi connectivity index (χ2n) is 5.25. The number of nitrogens with two attached hydrogens (primary N) is 1. The van der Waals surface area contributed by atoms with Gasteiger partial charge in [0.1, 0.15) is 5.82 Å². The zero-order valence-electron chi connectivity index (χ0n) is 12.3. The number of carbonyl (C=O) groups excluding carboxylic acids is 1. The zero-order chi connectivity index (χ0) is 14.7. The molecule has 2 rings (SSSR count). The highest BCUT2D eigenvalue weighted by Crippen LogP contribution is 2.21. The lowest BCUT2D eigenvalue weighted by Gasteiger charge is -2.10. The van der Waals surface area contributed by atoms with Crippen LogP contribution in [0.15, 0.2) is 18.2 Å². The van der Waals surface area contributed by atoms with Gasteiger partial charge in [-0.25, -0.2) is 4.98 Å². The molecule has 108 valence electrons. The molecular formula is C15H22N4O. The average molecular weight is 274 g/mol. The highest BCUT2D eigenvalue weighted by Gasteiger charge is 2.10. The molecule has 0 saturated heterocycles. The number of hydrogen-bond donors (Lipinski definition) is 2. The first-order chi connectivity index (χ1) is 9.52. The van der Waals surface area contributed by atoms with E-state index in [1.165, 1.54) is 5.56 Å². The number of carbonyl (C=O) groups is 1. The van der Waals surface area contributed by atoms with E-state index in [0.29, 0.717) is 12.6 Å². The van der Waals surface area contributed by atoms with E-state index in [0.717, 1.165) is 23.3 Å². The summed E-state index contributed by atoms with van der Waals surface area (Å²) < 4.78 is 2.23. The van der Waals surface area contributed by atoms with Gasteiger partial charge in [0.15, 0.2) is 0 Å². The number of rotatable bonds is 5. The van der Waals surface area contributed by atoms with Crippen molar-refractivity contribution in [2.45, 2.75) is 33.2 Å². The van der Waals surface area contributed by atoms with E-state index in [1.54, 1.807) is 0 Å². The number of amides is 1. The molecule has 0 aliphatic rings. The van der Waals surface area contributed by atoms with Crippen molar-refractivity contribution in [1.82, 2.24) is 14.9 Å². The highest BCUT2D eigenvalue weighted by molar-refractivity contribution is 5.78. The van der Waals surface area contributed by atoms with Crippen LogP contribution in [0.4, 0.5) is 0 Å². The van der Waals surface area contributed by atoms with E-state index in [-0.39, 0.29) is 12.5 Å². The Morgan fingerprint density at radius 2 is 2.20 bits per heavy atom. The van der Waals surface area contributed by atoms with E-state index in [4.69, 9.17) is 5.73 Å². The monoisotopic (exact) mass is 274 g/mol. The van der Waals surface area contributed by atoms with Crippen LogP contribution in [0.1, 0.15) is 31.3 Å². The van der Waals surface area contributed by atoms with E-state index in [2.05, 4.69) is 46.9 Å². The molecule has 0 aliphatic carbocycles. The van der Waals surface area contributed by atoms with Crippen LogP contribution in [0.5, 0.6) is 0 Å². The van der Waals surface area contributed by atoms with Crippen LogP contribution in [0.25, 0.3) is 11.0 Å². The molecule has 0 bridgehead atoms. The molecule has 0 spiro atoms. The van der Waals surface area contributed by atoms with Crippen molar-refractivity contribution >= 4 is 16.9 Å². The van der Waals surface area contributed by atoms with Gasteiger partial charge in [0.25, 0.3) is 0 Å². The zero-order valence-corrected chi connectivity index (χ0v) is 12.3. The Morgan fingerprint density at radius 3 is 2.85 bits per heavy atom. The van der Waals surface area contributed by atoms with E-state index in [9.17, 15) is 4.79 Å². The van der Waals surface area contributed by atoms with Crippen LogP contribution in [0.3, 0.4) is 0 Å². The molecule has 1 amide bonds. The minimum atomic E-state index is -0.119. The van der Waals surface area contributed by atoms with Crippen molar-refractivity contribution in [3.63, 3.8) is 0 Å². The SMILES string of the molecule is Cc1nc2cc(CCNC(=O)CN)ccc2n1C(C)C. The molecular weight excluding hydrogens is 252 g/mol. The van der Waals surface area contributed by atoms with Gasteiger partial charge in [0, 0.05) is 12.6 Å². The predicted molar refractivity (Wildman–Crippen MR) is 80.6 cm³/mol. The largest absolute Gasteiger partial charge is 0.355 e. The summed E-state index contributed by atoms with van der Waals surface area (Å²) in [6.45, 7) is 6.98. The summed E-state index contributed by atoms with van der Waals surface area (Å²) in [5.74, 6) is 0.912. The second-order valence-corrected chi connectivity index (χ2v) is 5.25. The Morgan fingerprint density at radius 1 is 1.45 bits per heavy atom. The Kier molecular flexibility index (Phi) is 4.39. The predicted octanol–water partition coefficient (Wildman–Crippen LogP) is 1.54. The number of imidazole rings is 1. The maximum Gasteiger partial charge on any atom is 0.233 e. The topological polar surface area (TPSA) is 72.9 Å². The fourth-order valence-electron chi connectivity index (χ4n) is 2.49. The molecule has 0 aliphatic heterocycles. The number of aromatic nitrogens is 2. The molecule has 3 N–H and O–H groups in total. The highest BCUT2D eigenvalue weighted by atomic mass is 16.1. The van der Waals surface area contributed by atoms with Gasteiger partial charge in [0.05, 0.1) is 17.6 Å². The van der Waals surface area contributed by atoms with Crippen molar-refractivity contribution in [1.29, 1.82) is 0 Å². The van der Waals surface area contributed by atoms with Crippen molar-refractivity contribution in [2.24, 2.45) is 5.73 Å². The third kappa shape index (κ3) is 2.99. The van der Waals surface area contributed by atoms with Gasteiger partial charge in [-0.3, -0.25) is 4.79 Å². The maximum atomic E-state index is 11.1. The molecule has 5 heteroatoms. The van der Waals surface area contributed by atoms with Crippen LogP contribution in [0.2, 0.25) is 0 Å². The lowest BCUT2D eigenvalue weighted by Crippen LogP contribution is -2.31. The summed E-state index contributed by atoms with van der Waals surface area (Å²) in [5, 5.41) is 2.77. The van der Waals surface area contributed by atoms with E-state index in [1.807, 2.05) is 6.92 Å². The van der Waals surface area contributed by atoms with Gasteiger partial charge < -0.3 is 15.6 Å². The van der Waals surface area contributed by atoms with Gasteiger partial charge in [-0.1, -0.05) is 6.07 Å². The number of aryl methyl sites for hydroxylation is 1. The summed E-state index contributed by atoms with van der Waals surface area (Å²) in [5.41, 5.74) is 8.59. The fourth-order valence-corrected chi connectivity index (χ4v) is 2.49. The summed E-state index contributed by atoms with van der Waals surface area (Å²) in [6, 6.07) is 6.69. The summed E-state index contributed by atoms with van der Waals surface area (Å²) >= 11 is 0. The molecule has 0 unspecified atom stereocenters. The van der Waals surface area contributed by atoms with Crippen LogP contribution < -0.4 is 11.1 Å². The second kappa shape index (κ2) is 6.05. The molecule has 1 aromatic heterocycles. The lowest BCUT2D eigenvalue weighted by molar-refractivity contribution is -0.119. The minimum Gasteiger partial charge on any atom is -0.355 e. The summed E-state index contributed by atoms with van der Waals surface area (Å²) in [4.78, 5) is 15.7. The Balaban J connectivity index is 2.16. The van der Waals surface area contributed by atoms with Gasteiger partial charge in [-0.15, -0.1) is 0 Å². The van der Waals surface area contributed by atoms with Crippen LogP contribution in [-0.2, 0) is 11.2 Å². The molecule has 20 heavy (non-hydrogen) atoms. The van der Waals surface area contributed by atoms with Crippen LogP contribution >= 0.6 is 0 Å². The van der Waals surface area contributed by atoms with Gasteiger partial charge in [0.2, 0.25) is 5.91 Å². The number of hydrogen-bond acceptors (Lipinski definition) is 3. The van der Waals surface area contributed by atoms with Gasteiger partial charge in [-0.2, -0.15) is 0 Å². The van der Waals surface area contributed by atoms with Crippen molar-refractivity contribution in [3.8, 4) is 0 Å². The molecule has 1 heterocycles. The number of nitrogens with one attached hydrogen (secondary N) is 1. The van der Waals surface area contributed by atoms with Gasteiger partial charge >= 0.3 is 0 Å². The lowest BCUT2D eigenvalue weighted by atomic mass is 10.1. The van der Waals surface area contributed by atoms with E-state index >= 15 is 0 Å². The third-order valence-corrected chi connectivity index (χ3v) is 3.37. The Labute approximate surface area is 119 Å². The first kappa shape index (κ1) is 14.5. The normalized spacial score (nSPS) is 11.2. The molecule has 0 fully saturated rings. The number of benzene rings is 1. The molecule has 0 radical (unpaired) electrons. The third-order valence-electron chi connectivity index (χ3n) is 3.37. The van der Waals surface area contributed by atoms with Gasteiger partial charge in [-0.05, 0) is 44.9 Å². The van der Waals surface area contributed by atoms with Crippen molar-refractivity contribution < 1.29 is 4.79 Å².